The first-order chi connectivity index (χ1) is 8.79. The van der Waals surface area contributed by atoms with Gasteiger partial charge in [0.05, 0.1) is 0 Å². The van der Waals surface area contributed by atoms with Gasteiger partial charge in [-0.05, 0) is 18.5 Å². The van der Waals surface area contributed by atoms with Gasteiger partial charge in [0.1, 0.15) is 0 Å². The monoisotopic (exact) mass is 247 g/mol. The Morgan fingerprint density at radius 1 is 1.06 bits per heavy atom. The summed E-state index contributed by atoms with van der Waals surface area (Å²) < 4.78 is 0. The first-order valence-electron chi connectivity index (χ1n) is 7.05. The number of rotatable bonds is 5. The highest BCUT2D eigenvalue weighted by molar-refractivity contribution is 5.18. The molecule has 1 atom stereocenters. The second-order valence-corrected chi connectivity index (χ2v) is 5.16. The average Bonchev–Trinajstić information content (AvgIpc) is 2.42. The second-order valence-electron chi connectivity index (χ2n) is 5.16. The molecule has 0 saturated carbocycles. The smallest absolute Gasteiger partial charge is 0.0424 e. The summed E-state index contributed by atoms with van der Waals surface area (Å²) in [6.07, 6.45) is 1.25. The third-order valence-corrected chi connectivity index (χ3v) is 3.69. The van der Waals surface area contributed by atoms with E-state index in [9.17, 15) is 0 Å². The van der Waals surface area contributed by atoms with E-state index in [1.807, 2.05) is 6.07 Å². The van der Waals surface area contributed by atoms with E-state index in [2.05, 4.69) is 41.0 Å². The van der Waals surface area contributed by atoms with Gasteiger partial charge in [0.2, 0.25) is 0 Å². The van der Waals surface area contributed by atoms with Crippen LogP contribution in [0.15, 0.2) is 30.3 Å². The van der Waals surface area contributed by atoms with Crippen LogP contribution in [0.3, 0.4) is 0 Å². The van der Waals surface area contributed by atoms with E-state index < -0.39 is 0 Å². The molecule has 1 saturated heterocycles. The van der Waals surface area contributed by atoms with Crippen molar-refractivity contribution >= 4 is 0 Å². The first-order valence-corrected chi connectivity index (χ1v) is 7.05. The lowest BCUT2D eigenvalue weighted by Crippen LogP contribution is -2.48. The molecule has 2 N–H and O–H groups in total. The summed E-state index contributed by atoms with van der Waals surface area (Å²) >= 11 is 0. The molecule has 2 rings (SSSR count). The van der Waals surface area contributed by atoms with Gasteiger partial charge in [0.15, 0.2) is 0 Å². The van der Waals surface area contributed by atoms with E-state index in [0.29, 0.717) is 0 Å². The van der Waals surface area contributed by atoms with Crippen molar-refractivity contribution in [2.45, 2.75) is 19.4 Å². The molecule has 1 aromatic carbocycles. The standard InChI is InChI=1S/C15H25N3/c1-2-8-17-9-11-18(12-10-17)13-15(16)14-6-4-3-5-7-14/h3-7,15H,2,8-13,16H2,1H3/t15-/m1/s1. The van der Waals surface area contributed by atoms with Crippen LogP contribution in [0.25, 0.3) is 0 Å². The molecule has 0 aromatic heterocycles. The van der Waals surface area contributed by atoms with Crippen molar-refractivity contribution in [3.63, 3.8) is 0 Å². The van der Waals surface area contributed by atoms with Gasteiger partial charge >= 0.3 is 0 Å². The van der Waals surface area contributed by atoms with E-state index in [1.165, 1.54) is 31.6 Å². The second kappa shape index (κ2) is 6.88. The molecule has 0 spiro atoms. The van der Waals surface area contributed by atoms with Gasteiger partial charge in [0, 0.05) is 38.8 Å². The van der Waals surface area contributed by atoms with Crippen molar-refractivity contribution in [3.8, 4) is 0 Å². The Kier molecular flexibility index (Phi) is 5.17. The van der Waals surface area contributed by atoms with Crippen molar-refractivity contribution in [1.82, 2.24) is 9.80 Å². The van der Waals surface area contributed by atoms with Crippen molar-refractivity contribution < 1.29 is 0 Å². The largest absolute Gasteiger partial charge is 0.323 e. The van der Waals surface area contributed by atoms with Crippen LogP contribution in [-0.2, 0) is 0 Å². The van der Waals surface area contributed by atoms with Gasteiger partial charge < -0.3 is 10.6 Å². The van der Waals surface area contributed by atoms with Gasteiger partial charge in [-0.3, -0.25) is 4.90 Å². The van der Waals surface area contributed by atoms with Crippen LogP contribution < -0.4 is 5.73 Å². The van der Waals surface area contributed by atoms with Crippen LogP contribution in [0.5, 0.6) is 0 Å². The summed E-state index contributed by atoms with van der Waals surface area (Å²) in [6.45, 7) is 9.14. The lowest BCUT2D eigenvalue weighted by Gasteiger charge is -2.35. The summed E-state index contributed by atoms with van der Waals surface area (Å²) in [5.74, 6) is 0. The third-order valence-electron chi connectivity index (χ3n) is 3.69. The van der Waals surface area contributed by atoms with E-state index in [1.54, 1.807) is 0 Å². The Bertz CT molecular complexity index is 331. The SMILES string of the molecule is CCCN1CCN(C[C@@H](N)c2ccccc2)CC1. The molecule has 0 aliphatic carbocycles. The molecule has 3 nitrogen and oxygen atoms in total. The Morgan fingerprint density at radius 2 is 1.67 bits per heavy atom. The highest BCUT2D eigenvalue weighted by Crippen LogP contribution is 2.12. The zero-order valence-corrected chi connectivity index (χ0v) is 11.4. The van der Waals surface area contributed by atoms with Crippen molar-refractivity contribution in [2.24, 2.45) is 5.73 Å². The minimum Gasteiger partial charge on any atom is -0.323 e. The Balaban J connectivity index is 1.78. The average molecular weight is 247 g/mol. The lowest BCUT2D eigenvalue weighted by atomic mass is 10.1. The zero-order valence-electron chi connectivity index (χ0n) is 11.4. The lowest BCUT2D eigenvalue weighted by molar-refractivity contribution is 0.127. The molecule has 1 aliphatic heterocycles. The van der Waals surface area contributed by atoms with E-state index >= 15 is 0 Å². The molecule has 0 unspecified atom stereocenters. The van der Waals surface area contributed by atoms with Crippen LogP contribution in [0, 0.1) is 0 Å². The Labute approximate surface area is 111 Å². The fourth-order valence-corrected chi connectivity index (χ4v) is 2.60. The number of hydrogen-bond donors (Lipinski definition) is 1. The summed E-state index contributed by atoms with van der Waals surface area (Å²) in [7, 11) is 0. The third kappa shape index (κ3) is 3.80. The maximum atomic E-state index is 6.26. The highest BCUT2D eigenvalue weighted by atomic mass is 15.3. The molecule has 1 aromatic rings. The highest BCUT2D eigenvalue weighted by Gasteiger charge is 2.18. The number of nitrogens with two attached hydrogens (primary N) is 1. The summed E-state index contributed by atoms with van der Waals surface area (Å²) in [4.78, 5) is 5.04. The van der Waals surface area contributed by atoms with Gasteiger partial charge in [-0.1, -0.05) is 37.3 Å². The van der Waals surface area contributed by atoms with E-state index in [-0.39, 0.29) is 6.04 Å². The van der Waals surface area contributed by atoms with Crippen LogP contribution in [-0.4, -0.2) is 49.1 Å². The number of piperazine rings is 1. The quantitative estimate of drug-likeness (QED) is 0.860. The molecular weight excluding hydrogens is 222 g/mol. The molecule has 18 heavy (non-hydrogen) atoms. The molecule has 0 bridgehead atoms. The van der Waals surface area contributed by atoms with Crippen LogP contribution in [0.2, 0.25) is 0 Å². The maximum Gasteiger partial charge on any atom is 0.0424 e. The summed E-state index contributed by atoms with van der Waals surface area (Å²) in [6, 6.07) is 10.6. The first kappa shape index (κ1) is 13.5. The predicted octanol–water partition coefficient (Wildman–Crippen LogP) is 1.71. The Hall–Kier alpha value is -0.900. The van der Waals surface area contributed by atoms with Gasteiger partial charge in [-0.25, -0.2) is 0 Å². The molecule has 1 heterocycles. The van der Waals surface area contributed by atoms with Gasteiger partial charge in [-0.15, -0.1) is 0 Å². The molecule has 1 aliphatic rings. The van der Waals surface area contributed by atoms with Crippen molar-refractivity contribution in [1.29, 1.82) is 0 Å². The topological polar surface area (TPSA) is 32.5 Å². The van der Waals surface area contributed by atoms with Gasteiger partial charge in [0.25, 0.3) is 0 Å². The summed E-state index contributed by atoms with van der Waals surface area (Å²) in [5.41, 5.74) is 7.51. The normalized spacial score (nSPS) is 19.9. The number of hydrogen-bond acceptors (Lipinski definition) is 3. The van der Waals surface area contributed by atoms with E-state index in [4.69, 9.17) is 5.73 Å². The maximum absolute atomic E-state index is 6.26. The molecule has 1 fully saturated rings. The van der Waals surface area contributed by atoms with Crippen molar-refractivity contribution in [2.75, 3.05) is 39.3 Å². The van der Waals surface area contributed by atoms with Gasteiger partial charge in [-0.2, -0.15) is 0 Å². The fraction of sp³-hybridized carbons (Fsp3) is 0.600. The minimum atomic E-state index is 0.143. The fourth-order valence-electron chi connectivity index (χ4n) is 2.60. The number of benzene rings is 1. The molecular formula is C15H25N3. The number of nitrogens with zero attached hydrogens (tertiary/aromatic N) is 2. The predicted molar refractivity (Wildman–Crippen MR) is 76.5 cm³/mol. The van der Waals surface area contributed by atoms with Crippen LogP contribution in [0.4, 0.5) is 0 Å². The van der Waals surface area contributed by atoms with Crippen LogP contribution >= 0.6 is 0 Å². The minimum absolute atomic E-state index is 0.143. The molecule has 100 valence electrons. The van der Waals surface area contributed by atoms with Crippen LogP contribution in [0.1, 0.15) is 24.9 Å². The zero-order chi connectivity index (χ0) is 12.8. The van der Waals surface area contributed by atoms with Crippen molar-refractivity contribution in [3.05, 3.63) is 35.9 Å². The molecule has 0 radical (unpaired) electrons. The van der Waals surface area contributed by atoms with E-state index in [0.717, 1.165) is 19.6 Å². The Morgan fingerprint density at radius 3 is 2.28 bits per heavy atom. The molecule has 3 heteroatoms. The molecule has 0 amide bonds. The summed E-state index contributed by atoms with van der Waals surface area (Å²) in [5, 5.41) is 0.